The first kappa shape index (κ1) is 14.8. The fraction of sp³-hybridized carbons (Fsp3) is 0.176. The highest BCUT2D eigenvalue weighted by Gasteiger charge is 2.03. The van der Waals surface area contributed by atoms with Crippen LogP contribution >= 0.6 is 0 Å². The predicted molar refractivity (Wildman–Crippen MR) is 85.4 cm³/mol. The van der Waals surface area contributed by atoms with Crippen LogP contribution in [0.1, 0.15) is 26.3 Å². The van der Waals surface area contributed by atoms with Gasteiger partial charge in [0.1, 0.15) is 0 Å². The van der Waals surface area contributed by atoms with Gasteiger partial charge in [-0.15, -0.1) is 0 Å². The minimum absolute atomic E-state index is 0.858. The van der Waals surface area contributed by atoms with E-state index in [-0.39, 0.29) is 0 Å². The summed E-state index contributed by atoms with van der Waals surface area (Å²) in [7, 11) is 0. The van der Waals surface area contributed by atoms with Crippen molar-refractivity contribution >= 4 is 23.2 Å². The molecule has 0 aliphatic carbocycles. The summed E-state index contributed by atoms with van der Waals surface area (Å²) in [4.78, 5) is 8.37. The molecule has 0 aliphatic heterocycles. The molecule has 0 atom stereocenters. The van der Waals surface area contributed by atoms with Crippen molar-refractivity contribution in [2.24, 2.45) is 4.99 Å². The van der Waals surface area contributed by atoms with Crippen molar-refractivity contribution in [2.45, 2.75) is 20.8 Å². The molecule has 2 heteroatoms. The molecule has 0 N–H and O–H groups in total. The molecule has 1 aromatic carbocycles. The van der Waals surface area contributed by atoms with Crippen molar-refractivity contribution in [1.82, 2.24) is 4.98 Å². The normalized spacial score (nSPS) is 11.1. The Kier molecular flexibility index (Phi) is 5.68. The SMILES string of the molecule is C=C/C(=C(/C)N=C)c1cnc2ccccc2c1.CC. The van der Waals surface area contributed by atoms with Gasteiger partial charge in [0.2, 0.25) is 0 Å². The summed E-state index contributed by atoms with van der Waals surface area (Å²) in [5.74, 6) is 0. The lowest BCUT2D eigenvalue weighted by Gasteiger charge is -2.06. The molecule has 2 aromatic rings. The van der Waals surface area contributed by atoms with Crippen LogP contribution in [0.15, 0.2) is 59.9 Å². The van der Waals surface area contributed by atoms with E-state index in [0.29, 0.717) is 0 Å². The van der Waals surface area contributed by atoms with Gasteiger partial charge in [-0.25, -0.2) is 0 Å². The summed E-state index contributed by atoms with van der Waals surface area (Å²) < 4.78 is 0. The minimum atomic E-state index is 0.858. The van der Waals surface area contributed by atoms with Crippen molar-refractivity contribution in [2.75, 3.05) is 0 Å². The first-order chi connectivity index (χ1) is 9.26. The summed E-state index contributed by atoms with van der Waals surface area (Å²) >= 11 is 0. The molecule has 1 heterocycles. The third-order valence-corrected chi connectivity index (χ3v) is 2.73. The molecule has 0 spiro atoms. The van der Waals surface area contributed by atoms with E-state index < -0.39 is 0 Å². The topological polar surface area (TPSA) is 25.2 Å². The lowest BCUT2D eigenvalue weighted by Crippen LogP contribution is -1.87. The van der Waals surface area contributed by atoms with Crippen LogP contribution < -0.4 is 0 Å². The highest BCUT2D eigenvalue weighted by molar-refractivity contribution is 5.85. The van der Waals surface area contributed by atoms with Crippen molar-refractivity contribution < 1.29 is 0 Å². The Morgan fingerprint density at radius 3 is 2.58 bits per heavy atom. The van der Waals surface area contributed by atoms with Crippen LogP contribution in [0.5, 0.6) is 0 Å². The average molecular weight is 252 g/mol. The molecule has 1 aromatic heterocycles. The molecular weight excluding hydrogens is 232 g/mol. The maximum atomic E-state index is 4.42. The number of para-hydroxylation sites is 1. The number of allylic oxidation sites excluding steroid dienone is 3. The number of pyridine rings is 1. The summed E-state index contributed by atoms with van der Waals surface area (Å²) in [6, 6.07) is 10.1. The van der Waals surface area contributed by atoms with E-state index in [9.17, 15) is 0 Å². The molecule has 0 unspecified atom stereocenters. The molecule has 2 nitrogen and oxygen atoms in total. The van der Waals surface area contributed by atoms with Crippen LogP contribution in [0.3, 0.4) is 0 Å². The molecule has 0 amide bonds. The number of nitrogens with zero attached hydrogens (tertiary/aromatic N) is 2. The van der Waals surface area contributed by atoms with E-state index in [4.69, 9.17) is 0 Å². The minimum Gasteiger partial charge on any atom is -0.269 e. The van der Waals surface area contributed by atoms with Gasteiger partial charge < -0.3 is 0 Å². The second kappa shape index (κ2) is 7.27. The molecular formula is C17H20N2. The number of hydrogen-bond acceptors (Lipinski definition) is 2. The van der Waals surface area contributed by atoms with E-state index in [1.807, 2.05) is 51.2 Å². The quantitative estimate of drug-likeness (QED) is 0.564. The van der Waals surface area contributed by atoms with Crippen molar-refractivity contribution in [3.05, 3.63) is 60.4 Å². The molecule has 19 heavy (non-hydrogen) atoms. The number of aliphatic imine (C=N–C) groups is 1. The van der Waals surface area contributed by atoms with Crippen LogP contribution in [-0.2, 0) is 0 Å². The van der Waals surface area contributed by atoms with E-state index >= 15 is 0 Å². The Labute approximate surface area is 115 Å². The highest BCUT2D eigenvalue weighted by Crippen LogP contribution is 2.22. The monoisotopic (exact) mass is 252 g/mol. The summed E-state index contributed by atoms with van der Waals surface area (Å²) in [5, 5.41) is 1.11. The van der Waals surface area contributed by atoms with E-state index in [1.54, 1.807) is 6.08 Å². The largest absolute Gasteiger partial charge is 0.269 e. The average Bonchev–Trinajstić information content (AvgIpc) is 2.49. The zero-order chi connectivity index (χ0) is 14.3. The fourth-order valence-corrected chi connectivity index (χ4v) is 1.78. The Balaban J connectivity index is 0.000000861. The smallest absolute Gasteiger partial charge is 0.0702 e. The molecule has 0 radical (unpaired) electrons. The number of fused-ring (bicyclic) bond motifs is 1. The zero-order valence-corrected chi connectivity index (χ0v) is 11.9. The summed E-state index contributed by atoms with van der Waals surface area (Å²) in [6.45, 7) is 13.3. The molecule has 98 valence electrons. The van der Waals surface area contributed by atoms with E-state index in [0.717, 1.165) is 27.7 Å². The van der Waals surface area contributed by atoms with E-state index in [2.05, 4.69) is 29.3 Å². The molecule has 0 fully saturated rings. The Hall–Kier alpha value is -2.22. The number of hydrogen-bond donors (Lipinski definition) is 0. The highest BCUT2D eigenvalue weighted by atomic mass is 14.7. The van der Waals surface area contributed by atoms with Gasteiger partial charge in [0.25, 0.3) is 0 Å². The van der Waals surface area contributed by atoms with Crippen LogP contribution in [0.25, 0.3) is 16.5 Å². The molecule has 0 saturated heterocycles. The van der Waals surface area contributed by atoms with Crippen molar-refractivity contribution in [3.63, 3.8) is 0 Å². The van der Waals surface area contributed by atoms with Gasteiger partial charge in [-0.3, -0.25) is 9.98 Å². The van der Waals surface area contributed by atoms with Gasteiger partial charge in [-0.2, -0.15) is 0 Å². The van der Waals surface area contributed by atoms with Gasteiger partial charge in [0.05, 0.1) is 5.52 Å². The standard InChI is InChI=1S/C15H14N2.C2H6/c1-4-14(11(2)16-3)13-9-12-7-5-6-8-15(12)17-10-13;1-2/h4-10H,1,3H2,2H3;1-2H3/b14-11+;. The number of aromatic nitrogens is 1. The van der Waals surface area contributed by atoms with Crippen LogP contribution in [0, 0.1) is 0 Å². The first-order valence-electron chi connectivity index (χ1n) is 6.41. The Bertz CT molecular complexity index is 609. The Morgan fingerprint density at radius 1 is 1.26 bits per heavy atom. The number of rotatable bonds is 3. The third-order valence-electron chi connectivity index (χ3n) is 2.73. The van der Waals surface area contributed by atoms with Gasteiger partial charge in [-0.1, -0.05) is 44.7 Å². The summed E-state index contributed by atoms with van der Waals surface area (Å²) in [6.07, 6.45) is 3.63. The van der Waals surface area contributed by atoms with Crippen LogP contribution in [0.4, 0.5) is 0 Å². The van der Waals surface area contributed by atoms with Gasteiger partial charge in [0, 0.05) is 28.4 Å². The molecule has 0 saturated carbocycles. The van der Waals surface area contributed by atoms with Gasteiger partial charge in [-0.05, 0) is 25.8 Å². The second-order valence-electron chi connectivity index (χ2n) is 3.78. The van der Waals surface area contributed by atoms with Crippen LogP contribution in [-0.4, -0.2) is 11.7 Å². The summed E-state index contributed by atoms with van der Waals surface area (Å²) in [5.41, 5.74) is 3.84. The molecule has 0 aliphatic rings. The van der Waals surface area contributed by atoms with Crippen molar-refractivity contribution in [1.29, 1.82) is 0 Å². The van der Waals surface area contributed by atoms with E-state index in [1.165, 1.54) is 0 Å². The maximum Gasteiger partial charge on any atom is 0.0702 e. The second-order valence-corrected chi connectivity index (χ2v) is 3.78. The van der Waals surface area contributed by atoms with Gasteiger partial charge >= 0.3 is 0 Å². The zero-order valence-electron chi connectivity index (χ0n) is 11.9. The first-order valence-corrected chi connectivity index (χ1v) is 6.41. The number of benzene rings is 1. The molecule has 2 rings (SSSR count). The fourth-order valence-electron chi connectivity index (χ4n) is 1.78. The predicted octanol–water partition coefficient (Wildman–Crippen LogP) is 4.88. The van der Waals surface area contributed by atoms with Crippen molar-refractivity contribution in [3.8, 4) is 0 Å². The Morgan fingerprint density at radius 2 is 1.95 bits per heavy atom. The lowest BCUT2D eigenvalue weighted by atomic mass is 10.0. The third kappa shape index (κ3) is 3.38. The lowest BCUT2D eigenvalue weighted by molar-refractivity contribution is 1.31. The molecule has 0 bridgehead atoms. The van der Waals surface area contributed by atoms with Crippen LogP contribution in [0.2, 0.25) is 0 Å². The van der Waals surface area contributed by atoms with Gasteiger partial charge in [0.15, 0.2) is 0 Å². The maximum absolute atomic E-state index is 4.42.